The molecule has 0 radical (unpaired) electrons. The molecule has 1 aromatic rings. The maximum Gasteiger partial charge on any atom is 0.133 e. The van der Waals surface area contributed by atoms with E-state index in [1.807, 2.05) is 13.8 Å². The SMILES string of the molecule is CCc1ccc(F)c(C2(C(C)N)CC2)c1F. The second-order valence-corrected chi connectivity index (χ2v) is 4.69. The number of aryl methyl sites for hydroxylation is 1. The normalized spacial score (nSPS) is 19.6. The first-order valence-electron chi connectivity index (χ1n) is 5.76. The lowest BCUT2D eigenvalue weighted by Crippen LogP contribution is -2.33. The van der Waals surface area contributed by atoms with Crippen LogP contribution in [-0.2, 0) is 11.8 Å². The van der Waals surface area contributed by atoms with Gasteiger partial charge in [0.15, 0.2) is 0 Å². The summed E-state index contributed by atoms with van der Waals surface area (Å²) in [5.74, 6) is -0.846. The molecule has 1 fully saturated rings. The van der Waals surface area contributed by atoms with Crippen molar-refractivity contribution in [2.75, 3.05) is 0 Å². The molecule has 1 atom stereocenters. The third-order valence-electron chi connectivity index (χ3n) is 3.71. The van der Waals surface area contributed by atoms with Crippen molar-refractivity contribution in [3.8, 4) is 0 Å². The Morgan fingerprint density at radius 2 is 2.00 bits per heavy atom. The third kappa shape index (κ3) is 1.54. The molecular weight excluding hydrogens is 208 g/mol. The largest absolute Gasteiger partial charge is 0.327 e. The zero-order chi connectivity index (χ0) is 11.9. The van der Waals surface area contributed by atoms with Gasteiger partial charge in [-0.15, -0.1) is 0 Å². The summed E-state index contributed by atoms with van der Waals surface area (Å²) in [6.07, 6.45) is 2.14. The van der Waals surface area contributed by atoms with Gasteiger partial charge < -0.3 is 5.73 Å². The second-order valence-electron chi connectivity index (χ2n) is 4.69. The predicted molar refractivity (Wildman–Crippen MR) is 60.3 cm³/mol. The minimum atomic E-state index is -0.459. The lowest BCUT2D eigenvalue weighted by molar-refractivity contribution is 0.468. The molecule has 1 aliphatic rings. The van der Waals surface area contributed by atoms with Crippen LogP contribution in [0.25, 0.3) is 0 Å². The molecule has 2 N–H and O–H groups in total. The molecule has 0 bridgehead atoms. The first-order chi connectivity index (χ1) is 7.53. The van der Waals surface area contributed by atoms with E-state index in [0.717, 1.165) is 12.8 Å². The minimum Gasteiger partial charge on any atom is -0.327 e. The van der Waals surface area contributed by atoms with Gasteiger partial charge in [-0.05, 0) is 37.8 Å². The van der Waals surface area contributed by atoms with E-state index in [9.17, 15) is 8.78 Å². The highest BCUT2D eigenvalue weighted by atomic mass is 19.1. The molecule has 1 unspecified atom stereocenters. The van der Waals surface area contributed by atoms with Crippen molar-refractivity contribution in [2.45, 2.75) is 44.6 Å². The molecule has 88 valence electrons. The molecule has 2 rings (SSSR count). The number of rotatable bonds is 3. The van der Waals surface area contributed by atoms with E-state index < -0.39 is 17.0 Å². The van der Waals surface area contributed by atoms with E-state index in [0.29, 0.717) is 12.0 Å². The molecule has 1 aromatic carbocycles. The average molecular weight is 225 g/mol. The van der Waals surface area contributed by atoms with Crippen LogP contribution < -0.4 is 5.73 Å². The summed E-state index contributed by atoms with van der Waals surface area (Å²) < 4.78 is 27.9. The highest BCUT2D eigenvalue weighted by molar-refractivity contribution is 5.39. The van der Waals surface area contributed by atoms with Crippen LogP contribution in [-0.4, -0.2) is 6.04 Å². The molecule has 0 heterocycles. The molecule has 16 heavy (non-hydrogen) atoms. The fourth-order valence-electron chi connectivity index (χ4n) is 2.39. The van der Waals surface area contributed by atoms with Crippen LogP contribution in [0.3, 0.4) is 0 Å². The topological polar surface area (TPSA) is 26.0 Å². The average Bonchev–Trinajstić information content (AvgIpc) is 2.99. The van der Waals surface area contributed by atoms with Crippen molar-refractivity contribution < 1.29 is 8.78 Å². The first-order valence-corrected chi connectivity index (χ1v) is 5.76. The third-order valence-corrected chi connectivity index (χ3v) is 3.71. The van der Waals surface area contributed by atoms with E-state index in [1.54, 1.807) is 0 Å². The van der Waals surface area contributed by atoms with Crippen molar-refractivity contribution in [1.82, 2.24) is 0 Å². The maximum absolute atomic E-state index is 14.1. The number of halogens is 2. The Labute approximate surface area is 94.7 Å². The molecule has 1 saturated carbocycles. The van der Waals surface area contributed by atoms with Crippen LogP contribution in [0.5, 0.6) is 0 Å². The highest BCUT2D eigenvalue weighted by Gasteiger charge is 2.50. The second kappa shape index (κ2) is 3.81. The van der Waals surface area contributed by atoms with Crippen LogP contribution in [0, 0.1) is 11.6 Å². The standard InChI is InChI=1S/C13H17F2N/c1-3-9-4-5-10(14)11(12(9)15)13(6-7-13)8(2)16/h4-5,8H,3,6-7,16H2,1-2H3. The van der Waals surface area contributed by atoms with Gasteiger partial charge in [0.05, 0.1) is 0 Å². The van der Waals surface area contributed by atoms with Crippen LogP contribution in [0.2, 0.25) is 0 Å². The number of hydrogen-bond donors (Lipinski definition) is 1. The van der Waals surface area contributed by atoms with Crippen LogP contribution in [0.4, 0.5) is 8.78 Å². The summed E-state index contributed by atoms with van der Waals surface area (Å²) in [5, 5.41) is 0. The Bertz CT molecular complexity index is 409. The van der Waals surface area contributed by atoms with Gasteiger partial charge in [0.2, 0.25) is 0 Å². The Hall–Kier alpha value is -0.960. The lowest BCUT2D eigenvalue weighted by atomic mass is 9.87. The monoisotopic (exact) mass is 225 g/mol. The molecule has 1 aliphatic carbocycles. The number of benzene rings is 1. The Kier molecular flexibility index (Phi) is 2.74. The molecular formula is C13H17F2N. The summed E-state index contributed by atoms with van der Waals surface area (Å²) in [7, 11) is 0. The fourth-order valence-corrected chi connectivity index (χ4v) is 2.39. The van der Waals surface area contributed by atoms with E-state index in [2.05, 4.69) is 0 Å². The van der Waals surface area contributed by atoms with Crippen molar-refractivity contribution in [3.05, 3.63) is 34.9 Å². The van der Waals surface area contributed by atoms with E-state index in [4.69, 9.17) is 5.73 Å². The van der Waals surface area contributed by atoms with E-state index in [1.165, 1.54) is 12.1 Å². The van der Waals surface area contributed by atoms with Crippen molar-refractivity contribution in [1.29, 1.82) is 0 Å². The molecule has 3 heteroatoms. The lowest BCUT2D eigenvalue weighted by Gasteiger charge is -2.22. The Morgan fingerprint density at radius 1 is 1.38 bits per heavy atom. The molecule has 0 saturated heterocycles. The van der Waals surface area contributed by atoms with Gasteiger partial charge in [0, 0.05) is 17.0 Å². The zero-order valence-corrected chi connectivity index (χ0v) is 9.69. The maximum atomic E-state index is 14.1. The molecule has 0 aromatic heterocycles. The highest BCUT2D eigenvalue weighted by Crippen LogP contribution is 2.52. The van der Waals surface area contributed by atoms with Crippen molar-refractivity contribution >= 4 is 0 Å². The summed E-state index contributed by atoms with van der Waals surface area (Å²) in [4.78, 5) is 0. The van der Waals surface area contributed by atoms with E-state index >= 15 is 0 Å². The summed E-state index contributed by atoms with van der Waals surface area (Å²) >= 11 is 0. The summed E-state index contributed by atoms with van der Waals surface area (Å²) in [5.41, 5.74) is 6.18. The first kappa shape index (κ1) is 11.5. The van der Waals surface area contributed by atoms with Crippen molar-refractivity contribution in [2.24, 2.45) is 5.73 Å². The van der Waals surface area contributed by atoms with Gasteiger partial charge in [-0.3, -0.25) is 0 Å². The minimum absolute atomic E-state index is 0.205. The molecule has 0 aliphatic heterocycles. The number of nitrogens with two attached hydrogens (primary N) is 1. The van der Waals surface area contributed by atoms with Gasteiger partial charge in [-0.1, -0.05) is 13.0 Å². The summed E-state index contributed by atoms with van der Waals surface area (Å²) in [6, 6.07) is 2.68. The van der Waals surface area contributed by atoms with Crippen molar-refractivity contribution in [3.63, 3.8) is 0 Å². The smallest absolute Gasteiger partial charge is 0.133 e. The summed E-state index contributed by atoms with van der Waals surface area (Å²) in [6.45, 7) is 3.69. The molecule has 1 nitrogen and oxygen atoms in total. The fraction of sp³-hybridized carbons (Fsp3) is 0.538. The van der Waals surface area contributed by atoms with E-state index in [-0.39, 0.29) is 11.6 Å². The Morgan fingerprint density at radius 3 is 2.44 bits per heavy atom. The van der Waals surface area contributed by atoms with Gasteiger partial charge >= 0.3 is 0 Å². The number of hydrogen-bond acceptors (Lipinski definition) is 1. The van der Waals surface area contributed by atoms with Gasteiger partial charge in [0.25, 0.3) is 0 Å². The zero-order valence-electron chi connectivity index (χ0n) is 9.69. The van der Waals surface area contributed by atoms with Crippen LogP contribution in [0.15, 0.2) is 12.1 Å². The van der Waals surface area contributed by atoms with Crippen LogP contribution in [0.1, 0.15) is 37.8 Å². The quantitative estimate of drug-likeness (QED) is 0.841. The predicted octanol–water partition coefficient (Wildman–Crippen LogP) is 2.91. The van der Waals surface area contributed by atoms with Gasteiger partial charge in [-0.2, -0.15) is 0 Å². The van der Waals surface area contributed by atoms with Gasteiger partial charge in [-0.25, -0.2) is 8.78 Å². The Balaban J connectivity index is 2.56. The van der Waals surface area contributed by atoms with Crippen LogP contribution >= 0.6 is 0 Å². The van der Waals surface area contributed by atoms with Gasteiger partial charge in [0.1, 0.15) is 11.6 Å². The molecule has 0 amide bonds. The molecule has 0 spiro atoms.